The summed E-state index contributed by atoms with van der Waals surface area (Å²) in [4.78, 5) is 37.9. The molecular weight excluding hydrogens is 365 g/mol. The van der Waals surface area contributed by atoms with Crippen LogP contribution in [-0.2, 0) is 9.59 Å². The Kier molecular flexibility index (Phi) is 5.95. The van der Waals surface area contributed by atoms with Crippen LogP contribution in [0.5, 0.6) is 0 Å². The lowest BCUT2D eigenvalue weighted by molar-refractivity contribution is -0.133. The Morgan fingerprint density at radius 2 is 1.88 bits per heavy atom. The third-order valence-electron chi connectivity index (χ3n) is 4.10. The molecule has 1 aliphatic heterocycles. The summed E-state index contributed by atoms with van der Waals surface area (Å²) in [5, 5.41) is 5.79. The van der Waals surface area contributed by atoms with Gasteiger partial charge in [-0.05, 0) is 37.8 Å². The van der Waals surface area contributed by atoms with Gasteiger partial charge < -0.3 is 10.6 Å². The fourth-order valence-corrected chi connectivity index (χ4v) is 3.07. The second kappa shape index (κ2) is 7.62. The van der Waals surface area contributed by atoms with Crippen LogP contribution in [0.1, 0.15) is 33.6 Å². The van der Waals surface area contributed by atoms with Crippen LogP contribution in [0.3, 0.4) is 0 Å². The molecule has 1 heterocycles. The zero-order chi connectivity index (χ0) is 18.8. The molecule has 0 aromatic heterocycles. The molecule has 1 saturated heterocycles. The third-order valence-corrected chi connectivity index (χ3v) is 4.73. The Bertz CT molecular complexity index is 688. The molecule has 1 fully saturated rings. The Morgan fingerprint density at radius 1 is 1.28 bits per heavy atom. The minimum absolute atomic E-state index is 0.255. The van der Waals surface area contributed by atoms with Crippen LogP contribution in [0.25, 0.3) is 0 Å². The van der Waals surface area contributed by atoms with Crippen LogP contribution in [0.15, 0.2) is 18.2 Å². The van der Waals surface area contributed by atoms with E-state index in [0.29, 0.717) is 12.3 Å². The lowest BCUT2D eigenvalue weighted by atomic mass is 9.92. The third kappa shape index (κ3) is 4.44. The van der Waals surface area contributed by atoms with Crippen molar-refractivity contribution in [3.05, 3.63) is 28.2 Å². The molecule has 1 aromatic carbocycles. The molecule has 1 aromatic rings. The highest BCUT2D eigenvalue weighted by molar-refractivity contribution is 6.39. The number of nitrogens with zero attached hydrogens (tertiary/aromatic N) is 1. The Labute approximate surface area is 156 Å². The molecule has 0 aliphatic carbocycles. The van der Waals surface area contributed by atoms with E-state index >= 15 is 0 Å². The summed E-state index contributed by atoms with van der Waals surface area (Å²) in [6, 6.07) is 4.24. The van der Waals surface area contributed by atoms with Gasteiger partial charge in [-0.2, -0.15) is 0 Å². The van der Waals surface area contributed by atoms with Gasteiger partial charge in [0.25, 0.3) is 5.91 Å². The van der Waals surface area contributed by atoms with Gasteiger partial charge in [-0.25, -0.2) is 4.79 Å². The average Bonchev–Trinajstić information content (AvgIpc) is 2.73. The highest BCUT2D eigenvalue weighted by Crippen LogP contribution is 2.30. The first-order valence-corrected chi connectivity index (χ1v) is 8.77. The maximum Gasteiger partial charge on any atom is 0.325 e. The van der Waals surface area contributed by atoms with E-state index in [4.69, 9.17) is 23.2 Å². The Hall–Kier alpha value is -1.79. The van der Waals surface area contributed by atoms with Gasteiger partial charge in [0.05, 0.1) is 15.7 Å². The van der Waals surface area contributed by atoms with E-state index in [2.05, 4.69) is 10.6 Å². The van der Waals surface area contributed by atoms with Gasteiger partial charge in [0.1, 0.15) is 12.1 Å². The van der Waals surface area contributed by atoms with Crippen LogP contribution >= 0.6 is 23.2 Å². The molecule has 2 N–H and O–H groups in total. The molecule has 136 valence electrons. The predicted molar refractivity (Wildman–Crippen MR) is 97.8 cm³/mol. The van der Waals surface area contributed by atoms with E-state index in [-0.39, 0.29) is 15.7 Å². The van der Waals surface area contributed by atoms with E-state index in [1.165, 1.54) is 0 Å². The normalized spacial score (nSPS) is 20.2. The first-order chi connectivity index (χ1) is 11.6. The number of urea groups is 1. The lowest BCUT2D eigenvalue weighted by Crippen LogP contribution is -2.44. The minimum Gasteiger partial charge on any atom is -0.323 e. The van der Waals surface area contributed by atoms with E-state index in [1.807, 2.05) is 13.8 Å². The van der Waals surface area contributed by atoms with Gasteiger partial charge in [0.15, 0.2) is 0 Å². The summed E-state index contributed by atoms with van der Waals surface area (Å²) in [7, 11) is 0. The number of imide groups is 1. The number of carbonyl (C=O) groups excluding carboxylic acids is 3. The highest BCUT2D eigenvalue weighted by atomic mass is 35.5. The predicted octanol–water partition coefficient (Wildman–Crippen LogP) is 3.68. The number of hydrogen-bond acceptors (Lipinski definition) is 3. The summed E-state index contributed by atoms with van der Waals surface area (Å²) >= 11 is 12.0. The van der Waals surface area contributed by atoms with Crippen molar-refractivity contribution in [3.8, 4) is 0 Å². The van der Waals surface area contributed by atoms with Gasteiger partial charge in [0, 0.05) is 0 Å². The second-order valence-electron chi connectivity index (χ2n) is 6.73. The van der Waals surface area contributed by atoms with Crippen molar-refractivity contribution in [1.82, 2.24) is 10.2 Å². The number of para-hydroxylation sites is 1. The summed E-state index contributed by atoms with van der Waals surface area (Å²) in [6.07, 6.45) is 1.31. The summed E-state index contributed by atoms with van der Waals surface area (Å²) < 4.78 is 0. The van der Waals surface area contributed by atoms with Gasteiger partial charge in [-0.3, -0.25) is 14.5 Å². The SMILES string of the molecule is CC(C)CC[C@@]1(C)NC(=O)N(CC(=O)Nc2c(Cl)cccc2Cl)C1=O. The zero-order valence-electron chi connectivity index (χ0n) is 14.4. The highest BCUT2D eigenvalue weighted by Gasteiger charge is 2.47. The van der Waals surface area contributed by atoms with Crippen molar-refractivity contribution in [1.29, 1.82) is 0 Å². The maximum absolute atomic E-state index is 12.6. The van der Waals surface area contributed by atoms with Crippen molar-refractivity contribution in [2.24, 2.45) is 5.92 Å². The van der Waals surface area contributed by atoms with Crippen molar-refractivity contribution in [2.45, 2.75) is 39.2 Å². The van der Waals surface area contributed by atoms with E-state index in [0.717, 1.165) is 11.3 Å². The maximum atomic E-state index is 12.6. The van der Waals surface area contributed by atoms with Gasteiger partial charge in [0.2, 0.25) is 5.91 Å². The van der Waals surface area contributed by atoms with E-state index < -0.39 is 29.9 Å². The van der Waals surface area contributed by atoms with Gasteiger partial charge in [-0.1, -0.05) is 43.1 Å². The average molecular weight is 386 g/mol. The second-order valence-corrected chi connectivity index (χ2v) is 7.55. The Morgan fingerprint density at radius 3 is 2.44 bits per heavy atom. The monoisotopic (exact) mass is 385 g/mol. The number of carbonyl (C=O) groups is 3. The summed E-state index contributed by atoms with van der Waals surface area (Å²) in [6.45, 7) is 5.37. The molecular formula is C17H21Cl2N3O3. The van der Waals surface area contributed by atoms with Crippen LogP contribution in [0.2, 0.25) is 10.0 Å². The van der Waals surface area contributed by atoms with Crippen LogP contribution in [0.4, 0.5) is 10.5 Å². The number of anilines is 1. The fraction of sp³-hybridized carbons (Fsp3) is 0.471. The fourth-order valence-electron chi connectivity index (χ4n) is 2.58. The molecule has 0 bridgehead atoms. The molecule has 1 atom stereocenters. The minimum atomic E-state index is -0.982. The van der Waals surface area contributed by atoms with Crippen molar-refractivity contribution in [3.63, 3.8) is 0 Å². The summed E-state index contributed by atoms with van der Waals surface area (Å²) in [5.74, 6) is -0.550. The van der Waals surface area contributed by atoms with Crippen molar-refractivity contribution < 1.29 is 14.4 Å². The molecule has 4 amide bonds. The number of nitrogens with one attached hydrogen (secondary N) is 2. The molecule has 0 saturated carbocycles. The van der Waals surface area contributed by atoms with Gasteiger partial charge >= 0.3 is 6.03 Å². The molecule has 0 unspecified atom stereocenters. The van der Waals surface area contributed by atoms with Crippen molar-refractivity contribution in [2.75, 3.05) is 11.9 Å². The van der Waals surface area contributed by atoms with E-state index in [9.17, 15) is 14.4 Å². The molecule has 1 aliphatic rings. The number of amides is 4. The van der Waals surface area contributed by atoms with E-state index in [1.54, 1.807) is 25.1 Å². The number of halogens is 2. The van der Waals surface area contributed by atoms with Crippen LogP contribution in [0, 0.1) is 5.92 Å². The largest absolute Gasteiger partial charge is 0.325 e. The Balaban J connectivity index is 2.06. The molecule has 8 heteroatoms. The number of hydrogen-bond donors (Lipinski definition) is 2. The van der Waals surface area contributed by atoms with Gasteiger partial charge in [-0.15, -0.1) is 0 Å². The molecule has 6 nitrogen and oxygen atoms in total. The molecule has 2 rings (SSSR count). The lowest BCUT2D eigenvalue weighted by Gasteiger charge is -2.22. The first-order valence-electron chi connectivity index (χ1n) is 8.02. The molecule has 25 heavy (non-hydrogen) atoms. The van der Waals surface area contributed by atoms with Crippen LogP contribution in [-0.4, -0.2) is 34.8 Å². The van der Waals surface area contributed by atoms with Crippen LogP contribution < -0.4 is 10.6 Å². The first kappa shape index (κ1) is 19.5. The standard InChI is InChI=1S/C17H21Cl2N3O3/c1-10(2)7-8-17(3)15(24)22(16(25)21-17)9-13(23)20-14-11(18)5-4-6-12(14)19/h4-6,10H,7-9H2,1-3H3,(H,20,23)(H,21,25)/t17-/m1/s1. The van der Waals surface area contributed by atoms with Crippen molar-refractivity contribution >= 4 is 46.7 Å². The molecule has 0 radical (unpaired) electrons. The number of rotatable bonds is 6. The zero-order valence-corrected chi connectivity index (χ0v) is 15.9. The quantitative estimate of drug-likeness (QED) is 0.733. The summed E-state index contributed by atoms with van der Waals surface area (Å²) in [5.41, 5.74) is -0.727. The topological polar surface area (TPSA) is 78.5 Å². The smallest absolute Gasteiger partial charge is 0.323 e. The molecule has 0 spiro atoms. The number of benzene rings is 1.